The third kappa shape index (κ3) is 5.76. The number of hydrogen-bond donors (Lipinski definition) is 1. The number of nitriles is 1. The molecule has 0 saturated carbocycles. The molecule has 0 aliphatic carbocycles. The van der Waals surface area contributed by atoms with Crippen LogP contribution in [0.3, 0.4) is 0 Å². The molecule has 0 fully saturated rings. The summed E-state index contributed by atoms with van der Waals surface area (Å²) in [4.78, 5) is 12.5. The van der Waals surface area contributed by atoms with Crippen LogP contribution in [-0.2, 0) is 21.2 Å². The van der Waals surface area contributed by atoms with Crippen molar-refractivity contribution in [3.05, 3.63) is 47.0 Å². The molecule has 0 unspecified atom stereocenters. The minimum Gasteiger partial charge on any atom is -0.495 e. The largest absolute Gasteiger partial charge is 0.495 e. The highest BCUT2D eigenvalue weighted by molar-refractivity contribution is 7.92. The molecule has 154 valence electrons. The first-order valence-electron chi connectivity index (χ1n) is 8.34. The van der Waals surface area contributed by atoms with E-state index < -0.39 is 22.5 Å². The molecule has 2 aromatic rings. The van der Waals surface area contributed by atoms with Gasteiger partial charge >= 0.3 is 0 Å². The van der Waals surface area contributed by atoms with Crippen LogP contribution in [-0.4, -0.2) is 41.3 Å². The molecule has 0 atom stereocenters. The summed E-state index contributed by atoms with van der Waals surface area (Å²) in [5.74, 6) is -0.140. The molecule has 0 bridgehead atoms. The third-order valence-electron chi connectivity index (χ3n) is 3.93. The first kappa shape index (κ1) is 22.3. The van der Waals surface area contributed by atoms with Crippen molar-refractivity contribution < 1.29 is 22.7 Å². The van der Waals surface area contributed by atoms with Crippen LogP contribution in [0.25, 0.3) is 0 Å². The van der Waals surface area contributed by atoms with E-state index in [2.05, 4.69) is 5.32 Å². The molecule has 0 spiro atoms. The number of sulfonamides is 1. The minimum absolute atomic E-state index is 0.121. The summed E-state index contributed by atoms with van der Waals surface area (Å²) in [7, 11) is -1.07. The number of nitrogens with zero attached hydrogens (tertiary/aromatic N) is 2. The molecule has 10 heteroatoms. The lowest BCUT2D eigenvalue weighted by atomic mass is 10.1. The van der Waals surface area contributed by atoms with Gasteiger partial charge in [0.15, 0.2) is 0 Å². The minimum atomic E-state index is -3.83. The first-order chi connectivity index (χ1) is 13.7. The van der Waals surface area contributed by atoms with Crippen molar-refractivity contribution in [1.29, 1.82) is 5.26 Å². The molecule has 1 amide bonds. The Morgan fingerprint density at radius 2 is 1.79 bits per heavy atom. The molecule has 29 heavy (non-hydrogen) atoms. The van der Waals surface area contributed by atoms with Gasteiger partial charge in [-0.2, -0.15) is 5.26 Å². The number of nitrogens with one attached hydrogen (secondary N) is 1. The summed E-state index contributed by atoms with van der Waals surface area (Å²) >= 11 is 6.08. The number of halogens is 1. The van der Waals surface area contributed by atoms with E-state index in [1.807, 2.05) is 6.07 Å². The van der Waals surface area contributed by atoms with E-state index in [0.717, 1.165) is 16.1 Å². The van der Waals surface area contributed by atoms with Crippen LogP contribution in [0.1, 0.15) is 5.56 Å². The van der Waals surface area contributed by atoms with Gasteiger partial charge in [-0.15, -0.1) is 0 Å². The van der Waals surface area contributed by atoms with E-state index in [1.54, 1.807) is 24.3 Å². The zero-order chi connectivity index (χ0) is 21.6. The van der Waals surface area contributed by atoms with Gasteiger partial charge in [0.1, 0.15) is 18.0 Å². The van der Waals surface area contributed by atoms with Gasteiger partial charge in [-0.3, -0.25) is 9.10 Å². The van der Waals surface area contributed by atoms with Crippen LogP contribution in [0.4, 0.5) is 11.4 Å². The molecule has 0 aromatic heterocycles. The zero-order valence-electron chi connectivity index (χ0n) is 16.1. The van der Waals surface area contributed by atoms with Crippen molar-refractivity contribution in [1.82, 2.24) is 0 Å². The van der Waals surface area contributed by atoms with Crippen LogP contribution < -0.4 is 19.1 Å². The fourth-order valence-electron chi connectivity index (χ4n) is 2.55. The average molecular weight is 438 g/mol. The first-order valence-corrected chi connectivity index (χ1v) is 10.6. The Hall–Kier alpha value is -2.96. The molecular weight excluding hydrogens is 418 g/mol. The second kappa shape index (κ2) is 9.49. The van der Waals surface area contributed by atoms with E-state index >= 15 is 0 Å². The van der Waals surface area contributed by atoms with E-state index in [9.17, 15) is 13.2 Å². The van der Waals surface area contributed by atoms with E-state index in [0.29, 0.717) is 5.69 Å². The molecule has 0 heterocycles. The number of hydrogen-bond acceptors (Lipinski definition) is 6. The predicted octanol–water partition coefficient (Wildman–Crippen LogP) is 2.83. The zero-order valence-corrected chi connectivity index (χ0v) is 17.7. The lowest BCUT2D eigenvalue weighted by Crippen LogP contribution is -2.37. The van der Waals surface area contributed by atoms with Crippen molar-refractivity contribution in [3.63, 3.8) is 0 Å². The summed E-state index contributed by atoms with van der Waals surface area (Å²) in [5, 5.41) is 11.6. The molecule has 0 radical (unpaired) electrons. The van der Waals surface area contributed by atoms with Crippen molar-refractivity contribution in [3.8, 4) is 17.6 Å². The quantitative estimate of drug-likeness (QED) is 0.680. The molecular formula is C19H20ClN3O5S. The van der Waals surface area contributed by atoms with E-state index in [4.69, 9.17) is 26.3 Å². The van der Waals surface area contributed by atoms with Gasteiger partial charge in [0.05, 0.1) is 43.7 Å². The predicted molar refractivity (Wildman–Crippen MR) is 111 cm³/mol. The lowest BCUT2D eigenvalue weighted by molar-refractivity contribution is -0.114. The smallest absolute Gasteiger partial charge is 0.245 e. The van der Waals surface area contributed by atoms with Gasteiger partial charge in [0.2, 0.25) is 15.9 Å². The Kier molecular flexibility index (Phi) is 7.31. The topological polar surface area (TPSA) is 109 Å². The number of amides is 1. The maximum Gasteiger partial charge on any atom is 0.245 e. The number of ether oxygens (including phenoxy) is 2. The highest BCUT2D eigenvalue weighted by Crippen LogP contribution is 2.38. The van der Waals surface area contributed by atoms with Gasteiger partial charge in [0.25, 0.3) is 0 Å². The van der Waals surface area contributed by atoms with Crippen LogP contribution in [0.15, 0.2) is 36.4 Å². The molecule has 0 aliphatic heterocycles. The maximum absolute atomic E-state index is 12.5. The summed E-state index contributed by atoms with van der Waals surface area (Å²) in [6, 6.07) is 11.5. The van der Waals surface area contributed by atoms with Crippen LogP contribution >= 0.6 is 11.6 Å². The van der Waals surface area contributed by atoms with Crippen molar-refractivity contribution >= 4 is 38.9 Å². The number of methoxy groups -OCH3 is 2. The number of carbonyl (C=O) groups is 1. The van der Waals surface area contributed by atoms with Gasteiger partial charge in [0, 0.05) is 17.8 Å². The standard InChI is InChI=1S/C19H20ClN3O5S/c1-27-17-11-16(18(28-2)10-15(17)20)23(29(3,25)26)12-19(24)22-14-6-4-13(5-7-14)8-9-21/h4-7,10-11H,8,12H2,1-3H3,(H,22,24). The van der Waals surface area contributed by atoms with Crippen molar-refractivity contribution in [2.24, 2.45) is 0 Å². The maximum atomic E-state index is 12.5. The number of anilines is 2. The van der Waals surface area contributed by atoms with Crippen LogP contribution in [0.5, 0.6) is 11.5 Å². The molecule has 2 aromatic carbocycles. The molecule has 8 nitrogen and oxygen atoms in total. The molecule has 0 aliphatic rings. The van der Waals surface area contributed by atoms with Crippen LogP contribution in [0.2, 0.25) is 5.02 Å². The number of rotatable bonds is 8. The van der Waals surface area contributed by atoms with Gasteiger partial charge in [-0.05, 0) is 17.7 Å². The highest BCUT2D eigenvalue weighted by atomic mass is 35.5. The lowest BCUT2D eigenvalue weighted by Gasteiger charge is -2.24. The van der Waals surface area contributed by atoms with Gasteiger partial charge in [-0.25, -0.2) is 8.42 Å². The van der Waals surface area contributed by atoms with Crippen molar-refractivity contribution in [2.45, 2.75) is 6.42 Å². The van der Waals surface area contributed by atoms with Crippen LogP contribution in [0, 0.1) is 11.3 Å². The summed E-state index contributed by atoms with van der Waals surface area (Å²) in [6.07, 6.45) is 1.24. The molecule has 0 saturated heterocycles. The van der Waals surface area contributed by atoms with Crippen molar-refractivity contribution in [2.75, 3.05) is 36.6 Å². The van der Waals surface area contributed by atoms with E-state index in [-0.39, 0.29) is 28.6 Å². The normalized spacial score (nSPS) is 10.7. The third-order valence-corrected chi connectivity index (χ3v) is 5.35. The average Bonchev–Trinajstić information content (AvgIpc) is 2.67. The highest BCUT2D eigenvalue weighted by Gasteiger charge is 2.25. The fourth-order valence-corrected chi connectivity index (χ4v) is 3.63. The Morgan fingerprint density at radius 3 is 2.31 bits per heavy atom. The number of carbonyl (C=O) groups excluding carboxylic acids is 1. The summed E-state index contributed by atoms with van der Waals surface area (Å²) < 4.78 is 36.0. The molecule has 2 rings (SSSR count). The van der Waals surface area contributed by atoms with E-state index in [1.165, 1.54) is 26.4 Å². The summed E-state index contributed by atoms with van der Waals surface area (Å²) in [6.45, 7) is -0.486. The summed E-state index contributed by atoms with van der Waals surface area (Å²) in [5.41, 5.74) is 1.41. The SMILES string of the molecule is COc1cc(N(CC(=O)Nc2ccc(CC#N)cc2)S(C)(=O)=O)c(OC)cc1Cl. The second-order valence-electron chi connectivity index (χ2n) is 6.01. The molecule has 1 N–H and O–H groups in total. The Labute approximate surface area is 174 Å². The Morgan fingerprint density at radius 1 is 1.17 bits per heavy atom. The number of benzene rings is 2. The van der Waals surface area contributed by atoms with Gasteiger partial charge in [-0.1, -0.05) is 23.7 Å². The Balaban J connectivity index is 2.30. The fraction of sp³-hybridized carbons (Fsp3) is 0.263. The second-order valence-corrected chi connectivity index (χ2v) is 8.32. The van der Waals surface area contributed by atoms with Gasteiger partial charge < -0.3 is 14.8 Å². The monoisotopic (exact) mass is 437 g/mol. The Bertz CT molecular complexity index is 1030.